The Bertz CT molecular complexity index is 646. The number of anilines is 1. The zero-order chi connectivity index (χ0) is 14.0. The summed E-state index contributed by atoms with van der Waals surface area (Å²) in [6.45, 7) is 3.49. The molecule has 0 fully saturated rings. The lowest BCUT2D eigenvalue weighted by Gasteiger charge is -2.08. The summed E-state index contributed by atoms with van der Waals surface area (Å²) in [7, 11) is 0. The van der Waals surface area contributed by atoms with Crippen LogP contribution in [0.15, 0.2) is 24.4 Å². The van der Waals surface area contributed by atoms with Gasteiger partial charge in [0.15, 0.2) is 0 Å². The number of hydrogen-bond donors (Lipinski definition) is 3. The van der Waals surface area contributed by atoms with Gasteiger partial charge in [-0.2, -0.15) is 5.10 Å². The molecule has 98 valence electrons. The number of aryl methyl sites for hydroxylation is 2. The molecule has 1 heterocycles. The molecule has 0 aliphatic rings. The first-order valence-electron chi connectivity index (χ1n) is 5.64. The fourth-order valence-corrected chi connectivity index (χ4v) is 1.71. The van der Waals surface area contributed by atoms with E-state index < -0.39 is 5.97 Å². The molecule has 3 N–H and O–H groups in total. The number of nitrogens with one attached hydrogen (secondary N) is 2. The summed E-state index contributed by atoms with van der Waals surface area (Å²) in [4.78, 5) is 22.8. The van der Waals surface area contributed by atoms with E-state index >= 15 is 0 Å². The number of carboxylic acid groups (broad SMARTS) is 1. The van der Waals surface area contributed by atoms with Crippen LogP contribution in [0.4, 0.5) is 5.69 Å². The molecular formula is C13H13N3O3. The Kier molecular flexibility index (Phi) is 3.33. The van der Waals surface area contributed by atoms with Crippen molar-refractivity contribution in [1.82, 2.24) is 10.2 Å². The maximum atomic E-state index is 12.0. The first kappa shape index (κ1) is 12.8. The molecule has 19 heavy (non-hydrogen) atoms. The summed E-state index contributed by atoms with van der Waals surface area (Å²) >= 11 is 0. The largest absolute Gasteiger partial charge is 0.478 e. The number of aromatic amines is 1. The molecule has 0 bridgehead atoms. The van der Waals surface area contributed by atoms with Crippen molar-refractivity contribution in [2.24, 2.45) is 0 Å². The van der Waals surface area contributed by atoms with E-state index in [1.165, 1.54) is 18.3 Å². The molecular weight excluding hydrogens is 246 g/mol. The van der Waals surface area contributed by atoms with Gasteiger partial charge >= 0.3 is 5.97 Å². The molecule has 0 radical (unpaired) electrons. The molecule has 1 aromatic carbocycles. The number of aromatic carboxylic acids is 1. The maximum absolute atomic E-state index is 12.0. The number of carbonyl (C=O) groups excluding carboxylic acids is 1. The van der Waals surface area contributed by atoms with Crippen molar-refractivity contribution in [3.8, 4) is 0 Å². The van der Waals surface area contributed by atoms with Gasteiger partial charge in [-0.3, -0.25) is 9.89 Å². The lowest BCUT2D eigenvalue weighted by atomic mass is 10.1. The minimum atomic E-state index is -0.994. The van der Waals surface area contributed by atoms with E-state index in [1.807, 2.05) is 0 Å². The number of carboxylic acids is 1. The summed E-state index contributed by atoms with van der Waals surface area (Å²) in [6, 6.07) is 4.54. The molecule has 0 spiro atoms. The molecule has 1 amide bonds. The number of nitrogens with zero attached hydrogens (tertiary/aromatic N) is 1. The highest BCUT2D eigenvalue weighted by atomic mass is 16.4. The SMILES string of the molecule is Cc1cc(C(=O)O)ccc1NC(=O)c1cn[nH]c1C. The highest BCUT2D eigenvalue weighted by Gasteiger charge is 2.13. The van der Waals surface area contributed by atoms with Crippen molar-refractivity contribution in [2.45, 2.75) is 13.8 Å². The van der Waals surface area contributed by atoms with E-state index in [1.54, 1.807) is 19.9 Å². The van der Waals surface area contributed by atoms with E-state index in [4.69, 9.17) is 5.11 Å². The highest BCUT2D eigenvalue weighted by molar-refractivity contribution is 6.05. The van der Waals surface area contributed by atoms with Crippen LogP contribution in [0, 0.1) is 13.8 Å². The van der Waals surface area contributed by atoms with Crippen LogP contribution in [0.3, 0.4) is 0 Å². The van der Waals surface area contributed by atoms with Gasteiger partial charge in [0.05, 0.1) is 17.3 Å². The van der Waals surface area contributed by atoms with E-state index in [2.05, 4.69) is 15.5 Å². The van der Waals surface area contributed by atoms with Gasteiger partial charge in [0, 0.05) is 11.4 Å². The van der Waals surface area contributed by atoms with Gasteiger partial charge in [-0.1, -0.05) is 0 Å². The van der Waals surface area contributed by atoms with Crippen LogP contribution in [0.1, 0.15) is 32.0 Å². The molecule has 1 aromatic heterocycles. The van der Waals surface area contributed by atoms with Crippen LogP contribution in [0.2, 0.25) is 0 Å². The van der Waals surface area contributed by atoms with Crippen molar-refractivity contribution in [1.29, 1.82) is 0 Å². The van der Waals surface area contributed by atoms with Gasteiger partial charge < -0.3 is 10.4 Å². The Hall–Kier alpha value is -2.63. The molecule has 0 saturated carbocycles. The summed E-state index contributed by atoms with van der Waals surface area (Å²) < 4.78 is 0. The monoisotopic (exact) mass is 259 g/mol. The van der Waals surface area contributed by atoms with Crippen molar-refractivity contribution < 1.29 is 14.7 Å². The van der Waals surface area contributed by atoms with Crippen LogP contribution < -0.4 is 5.32 Å². The zero-order valence-corrected chi connectivity index (χ0v) is 10.5. The first-order valence-corrected chi connectivity index (χ1v) is 5.64. The average molecular weight is 259 g/mol. The summed E-state index contributed by atoms with van der Waals surface area (Å²) in [5.41, 5.74) is 2.60. The molecule has 0 aliphatic carbocycles. The van der Waals surface area contributed by atoms with E-state index in [0.29, 0.717) is 22.5 Å². The van der Waals surface area contributed by atoms with Crippen molar-refractivity contribution in [2.75, 3.05) is 5.32 Å². The summed E-state index contributed by atoms with van der Waals surface area (Å²) in [5, 5.41) is 18.1. The van der Waals surface area contributed by atoms with Crippen molar-refractivity contribution >= 4 is 17.6 Å². The number of carbonyl (C=O) groups is 2. The molecule has 0 atom stereocenters. The van der Waals surface area contributed by atoms with Crippen molar-refractivity contribution in [3.05, 3.63) is 46.8 Å². The Balaban J connectivity index is 2.23. The quantitative estimate of drug-likeness (QED) is 0.785. The lowest BCUT2D eigenvalue weighted by Crippen LogP contribution is -2.13. The topological polar surface area (TPSA) is 95.1 Å². The molecule has 2 aromatic rings. The standard InChI is InChI=1S/C13H13N3O3/c1-7-5-9(13(18)19)3-4-11(7)15-12(17)10-6-14-16-8(10)2/h3-6H,1-2H3,(H,14,16)(H,15,17)(H,18,19). The van der Waals surface area contributed by atoms with Gasteiger partial charge in [-0.05, 0) is 37.6 Å². The van der Waals surface area contributed by atoms with Gasteiger partial charge in [0.1, 0.15) is 0 Å². The molecule has 0 unspecified atom stereocenters. The normalized spacial score (nSPS) is 10.2. The van der Waals surface area contributed by atoms with Gasteiger partial charge in [-0.15, -0.1) is 0 Å². The molecule has 6 nitrogen and oxygen atoms in total. The number of aromatic nitrogens is 2. The Morgan fingerprint density at radius 3 is 2.58 bits per heavy atom. The second-order valence-corrected chi connectivity index (χ2v) is 4.20. The third-order valence-electron chi connectivity index (χ3n) is 2.80. The first-order chi connectivity index (χ1) is 8.99. The smallest absolute Gasteiger partial charge is 0.335 e. The predicted octanol–water partition coefficient (Wildman–Crippen LogP) is 1.98. The van der Waals surface area contributed by atoms with Gasteiger partial charge in [-0.25, -0.2) is 4.79 Å². The Labute approximate surface area is 109 Å². The van der Waals surface area contributed by atoms with Crippen LogP contribution >= 0.6 is 0 Å². The number of rotatable bonds is 3. The van der Waals surface area contributed by atoms with Crippen LogP contribution in [0.5, 0.6) is 0 Å². The van der Waals surface area contributed by atoms with Crippen LogP contribution in [-0.4, -0.2) is 27.2 Å². The summed E-state index contributed by atoms with van der Waals surface area (Å²) in [6.07, 6.45) is 1.45. The molecule has 2 rings (SSSR count). The number of hydrogen-bond acceptors (Lipinski definition) is 3. The molecule has 6 heteroatoms. The van der Waals surface area contributed by atoms with Crippen LogP contribution in [0.25, 0.3) is 0 Å². The van der Waals surface area contributed by atoms with Gasteiger partial charge in [0.2, 0.25) is 0 Å². The second kappa shape index (κ2) is 4.93. The third-order valence-corrected chi connectivity index (χ3v) is 2.80. The average Bonchev–Trinajstić information content (AvgIpc) is 2.77. The predicted molar refractivity (Wildman–Crippen MR) is 69.4 cm³/mol. The fourth-order valence-electron chi connectivity index (χ4n) is 1.71. The van der Waals surface area contributed by atoms with Crippen LogP contribution in [-0.2, 0) is 0 Å². The van der Waals surface area contributed by atoms with E-state index in [9.17, 15) is 9.59 Å². The minimum absolute atomic E-state index is 0.190. The lowest BCUT2D eigenvalue weighted by molar-refractivity contribution is 0.0696. The van der Waals surface area contributed by atoms with E-state index in [-0.39, 0.29) is 11.5 Å². The molecule has 0 aliphatic heterocycles. The number of benzene rings is 1. The van der Waals surface area contributed by atoms with Crippen molar-refractivity contribution in [3.63, 3.8) is 0 Å². The zero-order valence-electron chi connectivity index (χ0n) is 10.5. The molecule has 0 saturated heterocycles. The minimum Gasteiger partial charge on any atom is -0.478 e. The summed E-state index contributed by atoms with van der Waals surface area (Å²) in [5.74, 6) is -1.27. The van der Waals surface area contributed by atoms with Gasteiger partial charge in [0.25, 0.3) is 5.91 Å². The number of H-pyrrole nitrogens is 1. The highest BCUT2D eigenvalue weighted by Crippen LogP contribution is 2.18. The number of amides is 1. The Morgan fingerprint density at radius 2 is 2.05 bits per heavy atom. The van der Waals surface area contributed by atoms with E-state index in [0.717, 1.165) is 0 Å². The fraction of sp³-hybridized carbons (Fsp3) is 0.154. The second-order valence-electron chi connectivity index (χ2n) is 4.20. The Morgan fingerprint density at radius 1 is 1.32 bits per heavy atom. The maximum Gasteiger partial charge on any atom is 0.335 e. The third kappa shape index (κ3) is 2.62.